The molecule has 0 spiro atoms. The molecule has 0 fully saturated rings. The number of aliphatic hydroxyl groups excluding tert-OH is 1. The average molecular weight is 225 g/mol. The average Bonchev–Trinajstić information content (AvgIpc) is 2.66. The summed E-state index contributed by atoms with van der Waals surface area (Å²) in [6.07, 6.45) is 1.75. The molecule has 0 aliphatic rings. The Morgan fingerprint density at radius 3 is 2.75 bits per heavy atom. The second-order valence-corrected chi connectivity index (χ2v) is 3.55. The number of rotatable bonds is 5. The van der Waals surface area contributed by atoms with Crippen LogP contribution in [0.1, 0.15) is 24.3 Å². The Hall–Kier alpha value is -1.49. The van der Waals surface area contributed by atoms with Gasteiger partial charge in [-0.3, -0.25) is 4.79 Å². The van der Waals surface area contributed by atoms with Crippen molar-refractivity contribution in [3.8, 4) is 0 Å². The highest BCUT2D eigenvalue weighted by Gasteiger charge is 2.17. The van der Waals surface area contributed by atoms with Crippen molar-refractivity contribution in [2.45, 2.75) is 20.4 Å². The number of nitrogens with zero attached hydrogens (tertiary/aromatic N) is 2. The van der Waals surface area contributed by atoms with Crippen molar-refractivity contribution in [1.29, 1.82) is 0 Å². The van der Waals surface area contributed by atoms with Gasteiger partial charge in [-0.2, -0.15) is 0 Å². The normalized spacial score (nSPS) is 10.4. The molecule has 1 amide bonds. The molecule has 0 aliphatic carbocycles. The number of hydrogen-bond acceptors (Lipinski definition) is 3. The first-order valence-electron chi connectivity index (χ1n) is 5.49. The van der Waals surface area contributed by atoms with E-state index in [1.54, 1.807) is 17.2 Å². The fraction of sp³-hybridized carbons (Fsp3) is 0.545. The van der Waals surface area contributed by atoms with E-state index in [4.69, 9.17) is 10.8 Å². The molecule has 0 aliphatic heterocycles. The van der Waals surface area contributed by atoms with Gasteiger partial charge in [-0.1, -0.05) is 0 Å². The fourth-order valence-electron chi connectivity index (χ4n) is 1.66. The van der Waals surface area contributed by atoms with Gasteiger partial charge in [0.25, 0.3) is 5.91 Å². The first kappa shape index (κ1) is 12.6. The lowest BCUT2D eigenvalue weighted by Crippen LogP contribution is -2.34. The molecule has 5 nitrogen and oxygen atoms in total. The number of aryl methyl sites for hydroxylation is 1. The third-order valence-electron chi connectivity index (χ3n) is 2.52. The smallest absolute Gasteiger partial charge is 0.270 e. The van der Waals surface area contributed by atoms with Crippen molar-refractivity contribution in [3.05, 3.63) is 18.0 Å². The zero-order valence-electron chi connectivity index (χ0n) is 9.81. The second kappa shape index (κ2) is 5.55. The Labute approximate surface area is 95.5 Å². The quantitative estimate of drug-likeness (QED) is 0.768. The molecule has 5 heteroatoms. The van der Waals surface area contributed by atoms with Gasteiger partial charge in [-0.15, -0.1) is 0 Å². The molecule has 90 valence electrons. The highest BCUT2D eigenvalue weighted by Crippen LogP contribution is 2.13. The maximum Gasteiger partial charge on any atom is 0.270 e. The SMILES string of the molecule is CCN(CCO)C(=O)c1cc(N)cn1CC. The summed E-state index contributed by atoms with van der Waals surface area (Å²) >= 11 is 0. The first-order chi connectivity index (χ1) is 7.63. The molecule has 0 saturated carbocycles. The van der Waals surface area contributed by atoms with Gasteiger partial charge in [0.05, 0.1) is 12.3 Å². The lowest BCUT2D eigenvalue weighted by Gasteiger charge is -2.20. The van der Waals surface area contributed by atoms with Gasteiger partial charge in [-0.05, 0) is 19.9 Å². The first-order valence-corrected chi connectivity index (χ1v) is 5.49. The summed E-state index contributed by atoms with van der Waals surface area (Å²) in [4.78, 5) is 13.7. The van der Waals surface area contributed by atoms with Crippen LogP contribution in [0.4, 0.5) is 5.69 Å². The molecule has 0 bridgehead atoms. The summed E-state index contributed by atoms with van der Waals surface area (Å²) in [7, 11) is 0. The molecule has 3 N–H and O–H groups in total. The third-order valence-corrected chi connectivity index (χ3v) is 2.52. The van der Waals surface area contributed by atoms with E-state index in [1.807, 2.05) is 18.4 Å². The summed E-state index contributed by atoms with van der Waals surface area (Å²) < 4.78 is 1.82. The Morgan fingerprint density at radius 1 is 1.56 bits per heavy atom. The monoisotopic (exact) mass is 225 g/mol. The predicted molar refractivity (Wildman–Crippen MR) is 63.2 cm³/mol. The maximum atomic E-state index is 12.1. The molecule has 0 saturated heterocycles. The van der Waals surface area contributed by atoms with E-state index in [0.717, 1.165) is 0 Å². The van der Waals surface area contributed by atoms with E-state index < -0.39 is 0 Å². The largest absolute Gasteiger partial charge is 0.397 e. The van der Waals surface area contributed by atoms with E-state index in [9.17, 15) is 4.79 Å². The number of aromatic nitrogens is 1. The number of aliphatic hydroxyl groups is 1. The zero-order valence-corrected chi connectivity index (χ0v) is 9.81. The molecule has 0 aromatic carbocycles. The Balaban J connectivity index is 2.93. The third kappa shape index (κ3) is 2.55. The zero-order chi connectivity index (χ0) is 12.1. The van der Waals surface area contributed by atoms with Gasteiger partial charge in [0.1, 0.15) is 5.69 Å². The van der Waals surface area contributed by atoms with E-state index in [2.05, 4.69) is 0 Å². The fourth-order valence-corrected chi connectivity index (χ4v) is 1.66. The van der Waals surface area contributed by atoms with Crippen molar-refractivity contribution in [3.63, 3.8) is 0 Å². The van der Waals surface area contributed by atoms with Crippen molar-refractivity contribution in [1.82, 2.24) is 9.47 Å². The van der Waals surface area contributed by atoms with E-state index in [-0.39, 0.29) is 12.5 Å². The Morgan fingerprint density at radius 2 is 2.25 bits per heavy atom. The number of nitrogen functional groups attached to an aromatic ring is 1. The minimum absolute atomic E-state index is 0.0259. The molecule has 0 radical (unpaired) electrons. The topological polar surface area (TPSA) is 71.5 Å². The highest BCUT2D eigenvalue weighted by molar-refractivity contribution is 5.93. The lowest BCUT2D eigenvalue weighted by molar-refractivity contribution is 0.0721. The number of carbonyl (C=O) groups excluding carboxylic acids is 1. The van der Waals surface area contributed by atoms with Crippen LogP contribution in [-0.2, 0) is 6.54 Å². The van der Waals surface area contributed by atoms with Crippen LogP contribution in [-0.4, -0.2) is 40.2 Å². The summed E-state index contributed by atoms with van der Waals surface area (Å²) in [6.45, 7) is 5.45. The highest BCUT2D eigenvalue weighted by atomic mass is 16.3. The predicted octanol–water partition coefficient (Wildman–Crippen LogP) is 0.545. The summed E-state index contributed by atoms with van der Waals surface area (Å²) in [5.74, 6) is -0.0879. The number of carbonyl (C=O) groups is 1. The number of nitrogens with two attached hydrogens (primary N) is 1. The van der Waals surface area contributed by atoms with Crippen molar-refractivity contribution < 1.29 is 9.90 Å². The number of amides is 1. The second-order valence-electron chi connectivity index (χ2n) is 3.55. The maximum absolute atomic E-state index is 12.1. The van der Waals surface area contributed by atoms with Crippen molar-refractivity contribution in [2.75, 3.05) is 25.4 Å². The number of anilines is 1. The molecule has 0 atom stereocenters. The van der Waals surface area contributed by atoms with Crippen LogP contribution in [0.3, 0.4) is 0 Å². The molecule has 1 heterocycles. The minimum Gasteiger partial charge on any atom is -0.397 e. The van der Waals surface area contributed by atoms with Crippen LogP contribution < -0.4 is 5.73 Å². The van der Waals surface area contributed by atoms with Gasteiger partial charge >= 0.3 is 0 Å². The number of hydrogen-bond donors (Lipinski definition) is 2. The standard InChI is InChI=1S/C11H19N3O2/c1-3-13(5-6-15)11(16)10-7-9(12)8-14(10)4-2/h7-8,15H,3-6,12H2,1-2H3. The van der Waals surface area contributed by atoms with Crippen LogP contribution in [0.15, 0.2) is 12.3 Å². The molecule has 1 aromatic rings. The van der Waals surface area contributed by atoms with Crippen molar-refractivity contribution >= 4 is 11.6 Å². The van der Waals surface area contributed by atoms with E-state index in [0.29, 0.717) is 31.0 Å². The van der Waals surface area contributed by atoms with E-state index >= 15 is 0 Å². The van der Waals surface area contributed by atoms with Crippen molar-refractivity contribution in [2.24, 2.45) is 0 Å². The van der Waals surface area contributed by atoms with Gasteiger partial charge < -0.3 is 20.3 Å². The molecular weight excluding hydrogens is 206 g/mol. The van der Waals surface area contributed by atoms with Gasteiger partial charge in [-0.25, -0.2) is 0 Å². The lowest BCUT2D eigenvalue weighted by atomic mass is 10.3. The minimum atomic E-state index is -0.0879. The van der Waals surface area contributed by atoms with Crippen LogP contribution in [0, 0.1) is 0 Å². The molecule has 16 heavy (non-hydrogen) atoms. The molecular formula is C11H19N3O2. The summed E-state index contributed by atoms with van der Waals surface area (Å²) in [6, 6.07) is 1.67. The molecule has 1 aromatic heterocycles. The summed E-state index contributed by atoms with van der Waals surface area (Å²) in [5, 5.41) is 8.87. The molecule has 1 rings (SSSR count). The molecule has 0 unspecified atom stereocenters. The number of likely N-dealkylation sites (N-methyl/N-ethyl adjacent to an activating group) is 1. The van der Waals surface area contributed by atoms with Gasteiger partial charge in [0, 0.05) is 25.8 Å². The van der Waals surface area contributed by atoms with E-state index in [1.165, 1.54) is 0 Å². The van der Waals surface area contributed by atoms with Crippen LogP contribution >= 0.6 is 0 Å². The van der Waals surface area contributed by atoms with Crippen LogP contribution in [0.5, 0.6) is 0 Å². The Bertz CT molecular complexity index is 360. The van der Waals surface area contributed by atoms with Gasteiger partial charge in [0.2, 0.25) is 0 Å². The van der Waals surface area contributed by atoms with Gasteiger partial charge in [0.15, 0.2) is 0 Å². The summed E-state index contributed by atoms with van der Waals surface area (Å²) in [5.41, 5.74) is 6.83. The Kier molecular flexibility index (Phi) is 4.37. The van der Waals surface area contributed by atoms with Crippen LogP contribution in [0.2, 0.25) is 0 Å². The van der Waals surface area contributed by atoms with Crippen LogP contribution in [0.25, 0.3) is 0 Å².